The molecule has 2 aliphatic rings. The van der Waals surface area contributed by atoms with Crippen LogP contribution in [0.3, 0.4) is 0 Å². The number of nitrogens with zero attached hydrogens (tertiary/aromatic N) is 4. The normalized spacial score (nSPS) is 19.3. The Hall–Kier alpha value is -3.63. The zero-order chi connectivity index (χ0) is 29.8. The van der Waals surface area contributed by atoms with Gasteiger partial charge in [0.25, 0.3) is 0 Å². The number of ether oxygens (including phenoxy) is 1. The molecule has 0 radical (unpaired) electrons. The summed E-state index contributed by atoms with van der Waals surface area (Å²) < 4.78 is 7.61. The number of carbonyl (C=O) groups is 3. The van der Waals surface area contributed by atoms with Gasteiger partial charge in [0.1, 0.15) is 17.8 Å². The number of ketones is 1. The van der Waals surface area contributed by atoms with E-state index in [1.54, 1.807) is 10.8 Å². The average molecular weight is 563 g/mol. The van der Waals surface area contributed by atoms with Crippen molar-refractivity contribution in [3.8, 4) is 11.3 Å². The zero-order valence-corrected chi connectivity index (χ0v) is 24.6. The van der Waals surface area contributed by atoms with Crippen molar-refractivity contribution in [3.63, 3.8) is 0 Å². The molecule has 1 aromatic carbocycles. The second-order valence-electron chi connectivity index (χ2n) is 12.0. The zero-order valence-electron chi connectivity index (χ0n) is 24.6. The molecule has 10 nitrogen and oxygen atoms in total. The fourth-order valence-electron chi connectivity index (χ4n) is 5.52. The Bertz CT molecular complexity index is 1340. The number of fused-ring (bicyclic) bond motifs is 4. The number of carbonyl (C=O) groups excluding carboxylic acids is 3. The standard InChI is InChI=1S/C31H42N6O4/c1-6-30(5,41-19-18-29(3,4)32)21-33-25(39)14-15-26(40)37-24-13-9-8-12-23(24)27-28(31(37)16-10-7-11-17-31)36(35-34-27)20-22(2)38/h6-10,12-13H,1,11,14-21,32H2,2-5H3,(H,33,39). The number of benzene rings is 1. The molecule has 2 amide bonds. The highest BCUT2D eigenvalue weighted by molar-refractivity contribution is 6.02. The summed E-state index contributed by atoms with van der Waals surface area (Å²) in [6.07, 6.45) is 8.52. The molecule has 1 spiro atoms. The third-order valence-electron chi connectivity index (χ3n) is 7.79. The van der Waals surface area contributed by atoms with Gasteiger partial charge in [0.2, 0.25) is 11.8 Å². The first-order valence-electron chi connectivity index (χ1n) is 14.2. The summed E-state index contributed by atoms with van der Waals surface area (Å²) in [6.45, 7) is 11.8. The molecular formula is C31H42N6O4. The van der Waals surface area contributed by atoms with Crippen LogP contribution >= 0.6 is 0 Å². The van der Waals surface area contributed by atoms with E-state index >= 15 is 0 Å². The van der Waals surface area contributed by atoms with Gasteiger partial charge in [-0.05, 0) is 59.4 Å². The lowest BCUT2D eigenvalue weighted by molar-refractivity contribution is -0.126. The van der Waals surface area contributed by atoms with Crippen molar-refractivity contribution >= 4 is 23.3 Å². The highest BCUT2D eigenvalue weighted by Gasteiger charge is 2.50. The van der Waals surface area contributed by atoms with Gasteiger partial charge in [-0.25, -0.2) is 4.68 Å². The predicted molar refractivity (Wildman–Crippen MR) is 158 cm³/mol. The van der Waals surface area contributed by atoms with Crippen LogP contribution in [0, 0.1) is 0 Å². The molecule has 2 unspecified atom stereocenters. The summed E-state index contributed by atoms with van der Waals surface area (Å²) in [7, 11) is 0. The lowest BCUT2D eigenvalue weighted by Gasteiger charge is -2.48. The smallest absolute Gasteiger partial charge is 0.228 e. The predicted octanol–water partition coefficient (Wildman–Crippen LogP) is 3.80. The second kappa shape index (κ2) is 12.1. The fraction of sp³-hybridized carbons (Fsp3) is 0.516. The molecule has 0 saturated carbocycles. The molecule has 0 fully saturated rings. The number of hydrogen-bond donors (Lipinski definition) is 2. The summed E-state index contributed by atoms with van der Waals surface area (Å²) in [5, 5.41) is 11.7. The SMILES string of the molecule is C=CC(C)(CNC(=O)CCC(=O)N1c2ccccc2-c2nnn(CC(C)=O)c2C12CC=CCC2)OCCC(C)(C)N. The minimum atomic E-state index is -0.756. The number of hydrogen-bond acceptors (Lipinski definition) is 7. The van der Waals surface area contributed by atoms with Crippen molar-refractivity contribution in [2.24, 2.45) is 5.73 Å². The van der Waals surface area contributed by atoms with Crippen molar-refractivity contribution in [2.75, 3.05) is 18.1 Å². The van der Waals surface area contributed by atoms with Crippen LogP contribution in [-0.2, 0) is 31.2 Å². The minimum absolute atomic E-state index is 0.0161. The van der Waals surface area contributed by atoms with Crippen LogP contribution in [0.25, 0.3) is 11.3 Å². The molecule has 2 heterocycles. The van der Waals surface area contributed by atoms with E-state index in [-0.39, 0.29) is 49.1 Å². The Morgan fingerprint density at radius 2 is 1.95 bits per heavy atom. The molecule has 0 bridgehead atoms. The second-order valence-corrected chi connectivity index (χ2v) is 12.0. The number of anilines is 1. The number of nitrogens with two attached hydrogens (primary N) is 1. The van der Waals surface area contributed by atoms with E-state index in [1.807, 2.05) is 49.9 Å². The molecule has 3 N–H and O–H groups in total. The molecule has 1 aromatic heterocycles. The number of rotatable bonds is 12. The molecule has 220 valence electrons. The Labute approximate surface area is 242 Å². The van der Waals surface area contributed by atoms with Gasteiger partial charge in [-0.2, -0.15) is 0 Å². The Kier molecular flexibility index (Phi) is 8.94. The summed E-state index contributed by atoms with van der Waals surface area (Å²) >= 11 is 0. The van der Waals surface area contributed by atoms with Gasteiger partial charge in [0.15, 0.2) is 5.78 Å². The molecule has 4 rings (SSSR count). The van der Waals surface area contributed by atoms with Crippen LogP contribution < -0.4 is 16.0 Å². The van der Waals surface area contributed by atoms with Crippen LogP contribution in [0.5, 0.6) is 0 Å². The highest BCUT2D eigenvalue weighted by Crippen LogP contribution is 2.52. The van der Waals surface area contributed by atoms with E-state index in [4.69, 9.17) is 10.5 Å². The molecule has 0 saturated heterocycles. The molecule has 1 aliphatic carbocycles. The van der Waals surface area contributed by atoms with E-state index < -0.39 is 11.1 Å². The Morgan fingerprint density at radius 3 is 2.61 bits per heavy atom. The largest absolute Gasteiger partial charge is 0.369 e. The molecule has 2 atom stereocenters. The van der Waals surface area contributed by atoms with Crippen LogP contribution in [0.1, 0.15) is 71.9 Å². The number of para-hydroxylation sites is 1. The molecular weight excluding hydrogens is 520 g/mol. The number of nitrogens with one attached hydrogen (secondary N) is 1. The van der Waals surface area contributed by atoms with Crippen molar-refractivity contribution in [1.29, 1.82) is 0 Å². The van der Waals surface area contributed by atoms with Gasteiger partial charge >= 0.3 is 0 Å². The van der Waals surface area contributed by atoms with Crippen LogP contribution in [0.4, 0.5) is 5.69 Å². The number of amides is 2. The molecule has 10 heteroatoms. The Morgan fingerprint density at radius 1 is 1.20 bits per heavy atom. The van der Waals surface area contributed by atoms with Gasteiger partial charge in [0.05, 0.1) is 16.9 Å². The van der Waals surface area contributed by atoms with E-state index in [9.17, 15) is 14.4 Å². The summed E-state index contributed by atoms with van der Waals surface area (Å²) in [5.74, 6) is -0.465. The van der Waals surface area contributed by atoms with Crippen molar-refractivity contribution < 1.29 is 19.1 Å². The van der Waals surface area contributed by atoms with Crippen molar-refractivity contribution in [1.82, 2.24) is 20.3 Å². The number of Topliss-reactive ketones (excluding diaryl/α,β-unsaturated/α-hetero) is 1. The van der Waals surface area contributed by atoms with Crippen LogP contribution in [0.15, 0.2) is 49.1 Å². The van der Waals surface area contributed by atoms with Crippen molar-refractivity contribution in [3.05, 3.63) is 54.8 Å². The van der Waals surface area contributed by atoms with E-state index in [0.29, 0.717) is 31.6 Å². The van der Waals surface area contributed by atoms with Gasteiger partial charge in [-0.15, -0.1) is 11.7 Å². The number of aromatic nitrogens is 3. The van der Waals surface area contributed by atoms with E-state index in [1.165, 1.54) is 6.92 Å². The maximum Gasteiger partial charge on any atom is 0.228 e. The van der Waals surface area contributed by atoms with Gasteiger partial charge in [-0.1, -0.05) is 41.6 Å². The molecule has 2 aromatic rings. The van der Waals surface area contributed by atoms with E-state index in [2.05, 4.69) is 34.4 Å². The summed E-state index contributed by atoms with van der Waals surface area (Å²) in [4.78, 5) is 40.9. The first-order chi connectivity index (χ1) is 19.4. The third kappa shape index (κ3) is 6.65. The third-order valence-corrected chi connectivity index (χ3v) is 7.79. The maximum absolute atomic E-state index is 14.0. The average Bonchev–Trinajstić information content (AvgIpc) is 3.34. The van der Waals surface area contributed by atoms with Gasteiger partial charge < -0.3 is 15.8 Å². The summed E-state index contributed by atoms with van der Waals surface area (Å²) in [5.41, 5.74) is 7.18. The minimum Gasteiger partial charge on any atom is -0.369 e. The van der Waals surface area contributed by atoms with Crippen molar-refractivity contribution in [2.45, 2.75) is 89.4 Å². The number of allylic oxidation sites excluding steroid dienone is 1. The lowest BCUT2D eigenvalue weighted by atomic mass is 9.75. The van der Waals surface area contributed by atoms with Gasteiger partial charge in [-0.3, -0.25) is 19.3 Å². The highest BCUT2D eigenvalue weighted by atomic mass is 16.5. The van der Waals surface area contributed by atoms with Gasteiger partial charge in [0, 0.05) is 37.1 Å². The first kappa shape index (κ1) is 30.3. The van der Waals surface area contributed by atoms with Crippen LogP contribution in [0.2, 0.25) is 0 Å². The topological polar surface area (TPSA) is 132 Å². The maximum atomic E-state index is 14.0. The van der Waals surface area contributed by atoms with E-state index in [0.717, 1.165) is 23.4 Å². The first-order valence-corrected chi connectivity index (χ1v) is 14.2. The quantitative estimate of drug-likeness (QED) is 0.376. The fourth-order valence-corrected chi connectivity index (χ4v) is 5.52. The molecule has 1 aliphatic heterocycles. The van der Waals surface area contributed by atoms with Crippen LogP contribution in [-0.4, -0.2) is 56.9 Å². The lowest BCUT2D eigenvalue weighted by Crippen LogP contribution is -2.54. The molecule has 41 heavy (non-hydrogen) atoms. The monoisotopic (exact) mass is 562 g/mol. The summed E-state index contributed by atoms with van der Waals surface area (Å²) in [6, 6.07) is 7.62. The Balaban J connectivity index is 1.53.